The summed E-state index contributed by atoms with van der Waals surface area (Å²) < 4.78 is 6.50. The fourth-order valence-corrected chi connectivity index (χ4v) is 2.70. The van der Waals surface area contributed by atoms with E-state index >= 15 is 0 Å². The lowest BCUT2D eigenvalue weighted by Gasteiger charge is -2.03. The molecule has 30 heavy (non-hydrogen) atoms. The lowest BCUT2D eigenvalue weighted by Crippen LogP contribution is -2.20. The fraction of sp³-hybridized carbons (Fsp3) is 0.150. The Bertz CT molecular complexity index is 1090. The van der Waals surface area contributed by atoms with E-state index in [-0.39, 0.29) is 30.4 Å². The van der Waals surface area contributed by atoms with Gasteiger partial charge in [0.15, 0.2) is 11.5 Å². The summed E-state index contributed by atoms with van der Waals surface area (Å²) in [6.45, 7) is 0.347. The minimum Gasteiger partial charge on any atom is -0.504 e. The number of nitrogens with zero attached hydrogens (tertiary/aromatic N) is 4. The molecule has 0 radical (unpaired) electrons. The Labute approximate surface area is 171 Å². The normalized spacial score (nSPS) is 10.8. The Balaban J connectivity index is 1.56. The number of benzene rings is 2. The van der Waals surface area contributed by atoms with Gasteiger partial charge in [-0.2, -0.15) is 0 Å². The number of rotatable bonds is 8. The molecule has 154 valence electrons. The van der Waals surface area contributed by atoms with Crippen LogP contribution in [-0.2, 0) is 17.9 Å². The van der Waals surface area contributed by atoms with Crippen molar-refractivity contribution in [3.8, 4) is 11.5 Å². The predicted octanol–water partition coefficient (Wildman–Crippen LogP) is 2.28. The lowest BCUT2D eigenvalue weighted by atomic mass is 10.2. The van der Waals surface area contributed by atoms with Gasteiger partial charge in [-0.15, -0.1) is 5.10 Å². The number of carbonyl (C=O) groups is 1. The number of methoxy groups -OCH3 is 1. The molecule has 0 spiro atoms. The summed E-state index contributed by atoms with van der Waals surface area (Å²) in [6, 6.07) is 11.1. The molecule has 0 unspecified atom stereocenters. The van der Waals surface area contributed by atoms with Crippen molar-refractivity contribution in [3.05, 3.63) is 81.7 Å². The van der Waals surface area contributed by atoms with E-state index in [0.717, 1.165) is 0 Å². The zero-order valence-corrected chi connectivity index (χ0v) is 16.1. The van der Waals surface area contributed by atoms with E-state index in [9.17, 15) is 20.0 Å². The molecule has 0 aliphatic heterocycles. The topological polar surface area (TPSA) is 132 Å². The van der Waals surface area contributed by atoms with Crippen LogP contribution in [0.1, 0.15) is 16.8 Å². The number of aromatic hydroxyl groups is 1. The van der Waals surface area contributed by atoms with Gasteiger partial charge in [0, 0.05) is 12.1 Å². The van der Waals surface area contributed by atoms with E-state index in [0.29, 0.717) is 22.6 Å². The van der Waals surface area contributed by atoms with Gasteiger partial charge in [-0.1, -0.05) is 29.5 Å². The molecular weight excluding hydrogens is 390 g/mol. The Morgan fingerprint density at radius 3 is 2.90 bits per heavy atom. The molecule has 2 aromatic carbocycles. The first kappa shape index (κ1) is 20.5. The number of aromatic nitrogens is 3. The van der Waals surface area contributed by atoms with Crippen LogP contribution in [0.2, 0.25) is 0 Å². The number of para-hydroxylation sites is 1. The maximum Gasteiger partial charge on any atom is 0.274 e. The van der Waals surface area contributed by atoms with Gasteiger partial charge in [-0.25, -0.2) is 4.68 Å². The third-order valence-electron chi connectivity index (χ3n) is 4.18. The molecule has 0 atom stereocenters. The smallest absolute Gasteiger partial charge is 0.274 e. The van der Waals surface area contributed by atoms with Gasteiger partial charge >= 0.3 is 0 Å². The minimum absolute atomic E-state index is 0.0128. The number of hydrogen-bond donors (Lipinski definition) is 2. The maximum absolute atomic E-state index is 12.0. The zero-order valence-electron chi connectivity index (χ0n) is 16.1. The molecule has 0 aliphatic carbocycles. The highest BCUT2D eigenvalue weighted by Gasteiger charge is 2.13. The van der Waals surface area contributed by atoms with E-state index in [1.807, 2.05) is 0 Å². The number of nitro groups is 1. The Morgan fingerprint density at radius 1 is 1.33 bits per heavy atom. The third-order valence-corrected chi connectivity index (χ3v) is 4.18. The lowest BCUT2D eigenvalue weighted by molar-refractivity contribution is -0.385. The van der Waals surface area contributed by atoms with E-state index < -0.39 is 4.92 Å². The van der Waals surface area contributed by atoms with Crippen LogP contribution in [0.4, 0.5) is 5.69 Å². The molecule has 2 N–H and O–H groups in total. The minimum atomic E-state index is -0.441. The summed E-state index contributed by atoms with van der Waals surface area (Å²) in [5.41, 5.74) is 1.73. The van der Waals surface area contributed by atoms with Crippen molar-refractivity contribution in [1.82, 2.24) is 20.3 Å². The van der Waals surface area contributed by atoms with Crippen LogP contribution >= 0.6 is 0 Å². The second kappa shape index (κ2) is 9.32. The molecule has 1 heterocycles. The van der Waals surface area contributed by atoms with Crippen molar-refractivity contribution < 1.29 is 19.6 Å². The summed E-state index contributed by atoms with van der Waals surface area (Å²) in [5, 5.41) is 31.3. The van der Waals surface area contributed by atoms with Crippen LogP contribution in [0, 0.1) is 10.1 Å². The molecule has 0 saturated carbocycles. The highest BCUT2D eigenvalue weighted by Crippen LogP contribution is 2.26. The Morgan fingerprint density at radius 2 is 2.13 bits per heavy atom. The largest absolute Gasteiger partial charge is 0.504 e. The van der Waals surface area contributed by atoms with Gasteiger partial charge < -0.3 is 15.2 Å². The molecule has 3 aromatic rings. The number of phenolic OH excluding ortho intramolecular Hbond substituents is 1. The second-order valence-corrected chi connectivity index (χ2v) is 6.28. The van der Waals surface area contributed by atoms with Crippen molar-refractivity contribution in [2.45, 2.75) is 13.1 Å². The molecule has 0 aliphatic rings. The molecule has 0 saturated heterocycles. The van der Waals surface area contributed by atoms with Crippen LogP contribution in [0.3, 0.4) is 0 Å². The highest BCUT2D eigenvalue weighted by atomic mass is 16.6. The van der Waals surface area contributed by atoms with Gasteiger partial charge in [0.1, 0.15) is 5.69 Å². The fourth-order valence-electron chi connectivity index (χ4n) is 2.70. The van der Waals surface area contributed by atoms with Crippen molar-refractivity contribution in [3.63, 3.8) is 0 Å². The summed E-state index contributed by atoms with van der Waals surface area (Å²) in [5.74, 6) is -0.00821. The maximum atomic E-state index is 12.0. The number of ether oxygens (including phenoxy) is 1. The van der Waals surface area contributed by atoms with E-state index in [1.54, 1.807) is 42.6 Å². The standard InChI is InChI=1S/C20H19N5O5/c1-30-19-10-14(6-8-18(19)26)7-9-20(27)21-11-16-13-24(23-22-16)12-15-4-2-3-5-17(15)25(28)29/h2-10,13,26H,11-12H2,1H3,(H,21,27)/b9-7+. The van der Waals surface area contributed by atoms with E-state index in [2.05, 4.69) is 15.6 Å². The molecule has 3 rings (SSSR count). The summed E-state index contributed by atoms with van der Waals surface area (Å²) in [6.07, 6.45) is 4.55. The van der Waals surface area contributed by atoms with Gasteiger partial charge in [0.2, 0.25) is 5.91 Å². The SMILES string of the molecule is COc1cc(/C=C/C(=O)NCc2cn(Cc3ccccc3[N+](=O)[O-])nn2)ccc1O. The summed E-state index contributed by atoms with van der Waals surface area (Å²) >= 11 is 0. The first-order chi connectivity index (χ1) is 14.5. The van der Waals surface area contributed by atoms with Crippen LogP contribution in [0.15, 0.2) is 54.7 Å². The van der Waals surface area contributed by atoms with Crippen LogP contribution < -0.4 is 10.1 Å². The van der Waals surface area contributed by atoms with E-state index in [4.69, 9.17) is 4.74 Å². The average molecular weight is 409 g/mol. The van der Waals surface area contributed by atoms with Gasteiger partial charge in [0.25, 0.3) is 5.69 Å². The van der Waals surface area contributed by atoms with Gasteiger partial charge in [-0.05, 0) is 23.8 Å². The third kappa shape index (κ3) is 5.19. The number of nitro benzene ring substituents is 1. The Kier molecular flexibility index (Phi) is 6.38. The highest BCUT2D eigenvalue weighted by molar-refractivity contribution is 5.91. The molecule has 0 fully saturated rings. The molecule has 10 nitrogen and oxygen atoms in total. The number of phenols is 1. The first-order valence-electron chi connectivity index (χ1n) is 8.90. The number of carbonyl (C=O) groups excluding carboxylic acids is 1. The van der Waals surface area contributed by atoms with Crippen molar-refractivity contribution in [2.24, 2.45) is 0 Å². The predicted molar refractivity (Wildman–Crippen MR) is 108 cm³/mol. The average Bonchev–Trinajstić information content (AvgIpc) is 3.19. The van der Waals surface area contributed by atoms with Crippen LogP contribution in [-0.4, -0.2) is 38.0 Å². The quantitative estimate of drug-likeness (QED) is 0.331. The van der Waals surface area contributed by atoms with Crippen LogP contribution in [0.5, 0.6) is 11.5 Å². The monoisotopic (exact) mass is 409 g/mol. The number of nitrogens with one attached hydrogen (secondary N) is 1. The first-order valence-corrected chi connectivity index (χ1v) is 8.90. The van der Waals surface area contributed by atoms with Gasteiger partial charge in [0.05, 0.1) is 36.9 Å². The van der Waals surface area contributed by atoms with Gasteiger partial charge in [-0.3, -0.25) is 14.9 Å². The Hall–Kier alpha value is -4.21. The summed E-state index contributed by atoms with van der Waals surface area (Å²) in [7, 11) is 1.44. The van der Waals surface area contributed by atoms with Crippen molar-refractivity contribution in [1.29, 1.82) is 0 Å². The molecule has 1 amide bonds. The van der Waals surface area contributed by atoms with E-state index in [1.165, 1.54) is 30.0 Å². The molecule has 1 aromatic heterocycles. The van der Waals surface area contributed by atoms with Crippen molar-refractivity contribution >= 4 is 17.7 Å². The second-order valence-electron chi connectivity index (χ2n) is 6.28. The molecular formula is C20H19N5O5. The number of hydrogen-bond acceptors (Lipinski definition) is 7. The summed E-state index contributed by atoms with van der Waals surface area (Å²) in [4.78, 5) is 22.7. The molecule has 10 heteroatoms. The van der Waals surface area contributed by atoms with Crippen LogP contribution in [0.25, 0.3) is 6.08 Å². The van der Waals surface area contributed by atoms with Crippen molar-refractivity contribution in [2.75, 3.05) is 7.11 Å². The molecule has 0 bridgehead atoms. The zero-order chi connectivity index (χ0) is 21.5. The number of amides is 1.